The van der Waals surface area contributed by atoms with Crippen molar-refractivity contribution < 1.29 is 17.9 Å². The van der Waals surface area contributed by atoms with E-state index in [1.54, 1.807) is 29.2 Å². The fourth-order valence-corrected chi connectivity index (χ4v) is 6.54. The molecular formula is C28H29ClN4O5S. The molecule has 1 fully saturated rings. The Kier molecular flexibility index (Phi) is 7.53. The number of amides is 1. The lowest BCUT2D eigenvalue weighted by atomic mass is 10.0. The number of carbonyl (C=O) groups is 1. The number of aromatic nitrogens is 2. The molecule has 1 atom stereocenters. The summed E-state index contributed by atoms with van der Waals surface area (Å²) in [6, 6.07) is 18.2. The molecule has 1 amide bonds. The van der Waals surface area contributed by atoms with Gasteiger partial charge in [-0.15, -0.1) is 0 Å². The number of ether oxygens (including phenoxy) is 1. The lowest BCUT2D eigenvalue weighted by molar-refractivity contribution is -0.133. The summed E-state index contributed by atoms with van der Waals surface area (Å²) in [5.41, 5.74) is 0.101. The van der Waals surface area contributed by atoms with Crippen molar-refractivity contribution in [3.05, 3.63) is 93.9 Å². The van der Waals surface area contributed by atoms with Gasteiger partial charge in [-0.25, -0.2) is 13.2 Å². The van der Waals surface area contributed by atoms with Gasteiger partial charge in [-0.1, -0.05) is 41.9 Å². The molecular weight excluding hydrogens is 540 g/mol. The summed E-state index contributed by atoms with van der Waals surface area (Å²) in [5.74, 6) is 0.202. The van der Waals surface area contributed by atoms with Crippen molar-refractivity contribution in [2.24, 2.45) is 0 Å². The second-order valence-corrected chi connectivity index (χ2v) is 11.7. The molecule has 0 bridgehead atoms. The first kappa shape index (κ1) is 27.0. The number of nitrogens with zero attached hydrogens (tertiary/aromatic N) is 4. The average Bonchev–Trinajstić information content (AvgIpc) is 3.06. The second-order valence-electron chi connectivity index (χ2n) is 9.53. The molecule has 1 aliphatic heterocycles. The molecule has 0 radical (unpaired) electrons. The van der Waals surface area contributed by atoms with E-state index in [1.165, 1.54) is 54.1 Å². The van der Waals surface area contributed by atoms with Crippen LogP contribution in [0.5, 0.6) is 5.75 Å². The summed E-state index contributed by atoms with van der Waals surface area (Å²) < 4.78 is 34.9. The van der Waals surface area contributed by atoms with Crippen LogP contribution in [-0.4, -0.2) is 73.0 Å². The summed E-state index contributed by atoms with van der Waals surface area (Å²) in [6.07, 6.45) is 0.790. The number of methoxy groups -OCH3 is 1. The maximum atomic E-state index is 14.2. The van der Waals surface area contributed by atoms with Gasteiger partial charge in [0.1, 0.15) is 11.8 Å². The Bertz CT molecular complexity index is 1670. The third-order valence-electron chi connectivity index (χ3n) is 7.03. The molecule has 0 spiro atoms. The number of likely N-dealkylation sites (N-methyl/N-ethyl adjacent to an activating group) is 1. The Hall–Kier alpha value is -3.60. The summed E-state index contributed by atoms with van der Waals surface area (Å²) in [7, 11) is -0.852. The number of hydrogen-bond acceptors (Lipinski definition) is 6. The topological polar surface area (TPSA) is 93.8 Å². The van der Waals surface area contributed by atoms with Crippen molar-refractivity contribution in [1.82, 2.24) is 18.3 Å². The molecule has 3 aromatic carbocycles. The normalized spacial score (nSPS) is 15.7. The van der Waals surface area contributed by atoms with Gasteiger partial charge in [0, 0.05) is 24.7 Å². The average molecular weight is 569 g/mol. The number of halogens is 1. The monoisotopic (exact) mass is 568 g/mol. The molecule has 11 heteroatoms. The summed E-state index contributed by atoms with van der Waals surface area (Å²) in [4.78, 5) is 32.2. The predicted molar refractivity (Wildman–Crippen MR) is 150 cm³/mol. The van der Waals surface area contributed by atoms with E-state index >= 15 is 0 Å². The molecule has 39 heavy (non-hydrogen) atoms. The molecule has 1 saturated heterocycles. The van der Waals surface area contributed by atoms with Crippen molar-refractivity contribution in [1.29, 1.82) is 0 Å². The SMILES string of the molecule is COc1ccc(S(=O)(=O)n2c(=O)n(C(C(=O)N3CCCN(C)CC3)c3ccccc3)c3cc(Cl)ccc32)cc1. The first-order valence-electron chi connectivity index (χ1n) is 12.6. The van der Waals surface area contributed by atoms with Gasteiger partial charge < -0.3 is 14.5 Å². The minimum absolute atomic E-state index is 0.0856. The van der Waals surface area contributed by atoms with E-state index < -0.39 is 21.8 Å². The van der Waals surface area contributed by atoms with Crippen LogP contribution in [0, 0.1) is 0 Å². The largest absolute Gasteiger partial charge is 0.497 e. The highest BCUT2D eigenvalue weighted by atomic mass is 35.5. The quantitative estimate of drug-likeness (QED) is 0.354. The summed E-state index contributed by atoms with van der Waals surface area (Å²) in [6.45, 7) is 2.58. The van der Waals surface area contributed by atoms with Gasteiger partial charge in [-0.2, -0.15) is 3.97 Å². The number of hydrogen-bond donors (Lipinski definition) is 0. The van der Waals surface area contributed by atoms with Crippen LogP contribution < -0.4 is 10.4 Å². The van der Waals surface area contributed by atoms with Crippen LogP contribution >= 0.6 is 11.6 Å². The third kappa shape index (κ3) is 5.07. The molecule has 0 aliphatic carbocycles. The van der Waals surface area contributed by atoms with Crippen LogP contribution in [0.3, 0.4) is 0 Å². The molecule has 204 valence electrons. The number of carbonyl (C=O) groups excluding carboxylic acids is 1. The Balaban J connectivity index is 1.74. The van der Waals surface area contributed by atoms with Crippen LogP contribution in [0.1, 0.15) is 18.0 Å². The maximum Gasteiger partial charge on any atom is 0.344 e. The molecule has 0 saturated carbocycles. The smallest absolute Gasteiger partial charge is 0.344 e. The zero-order valence-corrected chi connectivity index (χ0v) is 23.2. The Labute approximate surface area is 231 Å². The highest BCUT2D eigenvalue weighted by molar-refractivity contribution is 7.90. The van der Waals surface area contributed by atoms with Gasteiger partial charge >= 0.3 is 5.69 Å². The van der Waals surface area contributed by atoms with E-state index in [1.807, 2.05) is 13.1 Å². The van der Waals surface area contributed by atoms with Crippen molar-refractivity contribution >= 4 is 38.6 Å². The Morgan fingerprint density at radius 3 is 2.33 bits per heavy atom. The van der Waals surface area contributed by atoms with Gasteiger partial charge in [-0.3, -0.25) is 9.36 Å². The lowest BCUT2D eigenvalue weighted by Gasteiger charge is -2.27. The van der Waals surface area contributed by atoms with E-state index in [0.717, 1.165) is 16.9 Å². The van der Waals surface area contributed by atoms with Crippen molar-refractivity contribution in [3.63, 3.8) is 0 Å². The molecule has 1 aliphatic rings. The molecule has 1 aromatic heterocycles. The van der Waals surface area contributed by atoms with Crippen molar-refractivity contribution in [2.75, 3.05) is 40.3 Å². The zero-order chi connectivity index (χ0) is 27.7. The number of imidazole rings is 1. The van der Waals surface area contributed by atoms with Gasteiger partial charge in [0.05, 0.1) is 23.0 Å². The van der Waals surface area contributed by atoms with Gasteiger partial charge in [0.15, 0.2) is 0 Å². The van der Waals surface area contributed by atoms with Gasteiger partial charge in [-0.05, 0) is 68.0 Å². The highest BCUT2D eigenvalue weighted by Crippen LogP contribution is 2.29. The first-order chi connectivity index (χ1) is 18.7. The number of benzene rings is 3. The van der Waals surface area contributed by atoms with Gasteiger partial charge in [0.25, 0.3) is 15.9 Å². The number of fused-ring (bicyclic) bond motifs is 1. The molecule has 9 nitrogen and oxygen atoms in total. The fourth-order valence-electron chi connectivity index (χ4n) is 4.98. The molecule has 2 heterocycles. The van der Waals surface area contributed by atoms with E-state index in [2.05, 4.69) is 4.90 Å². The minimum atomic E-state index is -4.34. The minimum Gasteiger partial charge on any atom is -0.497 e. The molecule has 0 N–H and O–H groups in total. The summed E-state index contributed by atoms with van der Waals surface area (Å²) in [5, 5.41) is 0.311. The molecule has 4 aromatic rings. The lowest BCUT2D eigenvalue weighted by Crippen LogP contribution is -2.43. The van der Waals surface area contributed by atoms with Crippen LogP contribution in [-0.2, 0) is 14.8 Å². The molecule has 1 unspecified atom stereocenters. The summed E-state index contributed by atoms with van der Waals surface area (Å²) >= 11 is 6.34. The van der Waals surface area contributed by atoms with Crippen molar-refractivity contribution in [3.8, 4) is 5.75 Å². The first-order valence-corrected chi connectivity index (χ1v) is 14.4. The van der Waals surface area contributed by atoms with E-state index in [4.69, 9.17) is 16.3 Å². The second kappa shape index (κ2) is 10.9. The Morgan fingerprint density at radius 2 is 1.64 bits per heavy atom. The van der Waals surface area contributed by atoms with Crippen LogP contribution in [0.15, 0.2) is 82.5 Å². The van der Waals surface area contributed by atoms with E-state index in [0.29, 0.717) is 36.0 Å². The highest BCUT2D eigenvalue weighted by Gasteiger charge is 2.34. The predicted octanol–water partition coefficient (Wildman–Crippen LogP) is 3.46. The van der Waals surface area contributed by atoms with E-state index in [-0.39, 0.29) is 21.8 Å². The number of rotatable bonds is 6. The molecule has 5 rings (SSSR count). The van der Waals surface area contributed by atoms with Crippen LogP contribution in [0.4, 0.5) is 0 Å². The fraction of sp³-hybridized carbons (Fsp3) is 0.286. The van der Waals surface area contributed by atoms with Gasteiger partial charge in [0.2, 0.25) is 0 Å². The maximum absolute atomic E-state index is 14.2. The van der Waals surface area contributed by atoms with Crippen molar-refractivity contribution in [2.45, 2.75) is 17.4 Å². The third-order valence-corrected chi connectivity index (χ3v) is 8.97. The standard InChI is InChI=1S/C28H29ClN4O5S/c1-30-15-6-16-31(18-17-30)27(34)26(20-7-4-3-5-8-20)32-25-19-21(29)9-14-24(25)33(28(32)35)39(36,37)23-12-10-22(38-2)11-13-23/h3-5,7-14,19,26H,6,15-18H2,1-2H3. The van der Waals surface area contributed by atoms with Crippen LogP contribution in [0.2, 0.25) is 5.02 Å². The Morgan fingerprint density at radius 1 is 0.923 bits per heavy atom. The van der Waals surface area contributed by atoms with E-state index in [9.17, 15) is 18.0 Å². The zero-order valence-electron chi connectivity index (χ0n) is 21.7. The van der Waals surface area contributed by atoms with Crippen LogP contribution in [0.25, 0.3) is 11.0 Å².